The first-order valence-electron chi connectivity index (χ1n) is 11.3. The van der Waals surface area contributed by atoms with E-state index < -0.39 is 10.0 Å². The first-order valence-corrected chi connectivity index (χ1v) is 12.8. The van der Waals surface area contributed by atoms with E-state index in [1.54, 1.807) is 25.3 Å². The Labute approximate surface area is 195 Å². The van der Waals surface area contributed by atoms with Crippen molar-refractivity contribution in [2.45, 2.75) is 24.2 Å². The summed E-state index contributed by atoms with van der Waals surface area (Å²) < 4.78 is 37.6. The Balaban J connectivity index is 1.30. The molecule has 8 nitrogen and oxygen atoms in total. The molecule has 0 radical (unpaired) electrons. The van der Waals surface area contributed by atoms with E-state index in [1.165, 1.54) is 10.4 Å². The monoisotopic (exact) mass is 473 g/mol. The van der Waals surface area contributed by atoms with Crippen LogP contribution < -0.4 is 15.0 Å². The smallest absolute Gasteiger partial charge is 0.243 e. The number of piperidine rings is 1. The molecule has 0 aromatic heterocycles. The molecule has 0 bridgehead atoms. The predicted molar refractivity (Wildman–Crippen MR) is 127 cm³/mol. The Bertz CT molecular complexity index is 1040. The molecule has 9 heteroatoms. The van der Waals surface area contributed by atoms with Crippen LogP contribution >= 0.6 is 0 Å². The quantitative estimate of drug-likeness (QED) is 0.665. The molecule has 2 aromatic carbocycles. The molecule has 1 N–H and O–H groups in total. The van der Waals surface area contributed by atoms with Crippen LogP contribution in [-0.4, -0.2) is 65.1 Å². The van der Waals surface area contributed by atoms with Gasteiger partial charge < -0.3 is 19.7 Å². The predicted octanol–water partition coefficient (Wildman–Crippen LogP) is 2.96. The summed E-state index contributed by atoms with van der Waals surface area (Å²) in [5.41, 5.74) is 1.67. The van der Waals surface area contributed by atoms with E-state index in [0.29, 0.717) is 44.3 Å². The number of rotatable bonds is 7. The lowest BCUT2D eigenvalue weighted by Gasteiger charge is -2.33. The van der Waals surface area contributed by atoms with Gasteiger partial charge in [0.05, 0.1) is 25.2 Å². The molecule has 178 valence electrons. The van der Waals surface area contributed by atoms with Crippen molar-refractivity contribution >= 4 is 27.3 Å². The topological polar surface area (TPSA) is 88.2 Å². The number of benzene rings is 2. The lowest BCUT2D eigenvalue weighted by Crippen LogP contribution is -2.40. The maximum absolute atomic E-state index is 12.9. The number of nitrogens with one attached hydrogen (secondary N) is 1. The van der Waals surface area contributed by atoms with Gasteiger partial charge in [-0.1, -0.05) is 6.07 Å². The van der Waals surface area contributed by atoms with Crippen molar-refractivity contribution in [3.8, 4) is 5.75 Å². The zero-order chi connectivity index (χ0) is 23.3. The van der Waals surface area contributed by atoms with Crippen molar-refractivity contribution in [3.05, 3.63) is 48.5 Å². The van der Waals surface area contributed by atoms with Crippen molar-refractivity contribution in [2.24, 2.45) is 5.92 Å². The number of ether oxygens (including phenoxy) is 2. The van der Waals surface area contributed by atoms with Crippen LogP contribution in [0.4, 0.5) is 11.4 Å². The zero-order valence-electron chi connectivity index (χ0n) is 18.9. The summed E-state index contributed by atoms with van der Waals surface area (Å²) in [6.45, 7) is 3.28. The molecule has 0 spiro atoms. The first kappa shape index (κ1) is 23.5. The normalized spacial score (nSPS) is 18.2. The molecule has 2 heterocycles. The molecule has 2 aromatic rings. The van der Waals surface area contributed by atoms with E-state index in [4.69, 9.17) is 9.47 Å². The second kappa shape index (κ2) is 10.5. The summed E-state index contributed by atoms with van der Waals surface area (Å²) in [4.78, 5) is 15.2. The van der Waals surface area contributed by atoms with Crippen LogP contribution in [0.1, 0.15) is 19.3 Å². The highest BCUT2D eigenvalue weighted by atomic mass is 32.2. The van der Waals surface area contributed by atoms with E-state index in [2.05, 4.69) is 22.3 Å². The second-order valence-electron chi connectivity index (χ2n) is 8.43. The highest BCUT2D eigenvalue weighted by Gasteiger charge is 2.27. The van der Waals surface area contributed by atoms with Crippen molar-refractivity contribution in [2.75, 3.05) is 56.7 Å². The van der Waals surface area contributed by atoms with Crippen molar-refractivity contribution in [1.82, 2.24) is 4.31 Å². The largest absolute Gasteiger partial charge is 0.497 e. The fraction of sp³-hybridized carbons (Fsp3) is 0.458. The maximum Gasteiger partial charge on any atom is 0.243 e. The summed E-state index contributed by atoms with van der Waals surface area (Å²) in [5.74, 6) is 1.06. The van der Waals surface area contributed by atoms with E-state index in [1.807, 2.05) is 12.1 Å². The summed E-state index contributed by atoms with van der Waals surface area (Å²) in [7, 11) is -1.94. The third kappa shape index (κ3) is 5.85. The Morgan fingerprint density at radius 1 is 1.06 bits per heavy atom. The van der Waals surface area contributed by atoms with Crippen molar-refractivity contribution < 1.29 is 22.7 Å². The number of anilines is 2. The highest BCUT2D eigenvalue weighted by Crippen LogP contribution is 2.27. The van der Waals surface area contributed by atoms with Crippen molar-refractivity contribution in [1.29, 1.82) is 0 Å². The lowest BCUT2D eigenvalue weighted by atomic mass is 9.93. The van der Waals surface area contributed by atoms with Gasteiger partial charge in [0.2, 0.25) is 15.9 Å². The minimum absolute atomic E-state index is 0.0844. The summed E-state index contributed by atoms with van der Waals surface area (Å²) in [6, 6.07) is 14.5. The van der Waals surface area contributed by atoms with Gasteiger partial charge in [0.15, 0.2) is 0 Å². The number of hydrogen-bond acceptors (Lipinski definition) is 6. The van der Waals surface area contributed by atoms with Crippen LogP contribution in [0.15, 0.2) is 53.4 Å². The fourth-order valence-electron chi connectivity index (χ4n) is 4.33. The van der Waals surface area contributed by atoms with Gasteiger partial charge >= 0.3 is 0 Å². The molecule has 2 fully saturated rings. The lowest BCUT2D eigenvalue weighted by molar-refractivity contribution is -0.117. The number of methoxy groups -OCH3 is 1. The number of hydrogen-bond donors (Lipinski definition) is 1. The molecular formula is C24H31N3O5S. The average molecular weight is 474 g/mol. The number of nitrogens with zero attached hydrogens (tertiary/aromatic N) is 2. The summed E-state index contributed by atoms with van der Waals surface area (Å²) >= 11 is 0. The molecule has 4 rings (SSSR count). The van der Waals surface area contributed by atoms with Crippen LogP contribution in [0.2, 0.25) is 0 Å². The Morgan fingerprint density at radius 3 is 2.42 bits per heavy atom. The third-order valence-electron chi connectivity index (χ3n) is 6.25. The van der Waals surface area contributed by atoms with Crippen LogP contribution in [0.5, 0.6) is 5.75 Å². The van der Waals surface area contributed by atoms with Gasteiger partial charge in [-0.25, -0.2) is 8.42 Å². The minimum Gasteiger partial charge on any atom is -0.497 e. The Kier molecular flexibility index (Phi) is 7.52. The molecule has 2 saturated heterocycles. The molecule has 0 atom stereocenters. The zero-order valence-corrected chi connectivity index (χ0v) is 19.7. The van der Waals surface area contributed by atoms with E-state index in [-0.39, 0.29) is 10.8 Å². The second-order valence-corrected chi connectivity index (χ2v) is 10.4. The van der Waals surface area contributed by atoms with Crippen LogP contribution in [0, 0.1) is 5.92 Å². The molecule has 2 aliphatic heterocycles. The van der Waals surface area contributed by atoms with Gasteiger partial charge in [-0.15, -0.1) is 0 Å². The van der Waals surface area contributed by atoms with Crippen LogP contribution in [-0.2, 0) is 19.6 Å². The molecule has 2 aliphatic rings. The molecule has 1 amide bonds. The highest BCUT2D eigenvalue weighted by molar-refractivity contribution is 7.89. The molecular weight excluding hydrogens is 442 g/mol. The number of amides is 1. The van der Waals surface area contributed by atoms with Crippen LogP contribution in [0.25, 0.3) is 0 Å². The average Bonchev–Trinajstić information content (AvgIpc) is 2.85. The number of carbonyl (C=O) groups excluding carboxylic acids is 1. The van der Waals surface area contributed by atoms with Gasteiger partial charge in [-0.05, 0) is 61.2 Å². The Hall–Kier alpha value is -2.62. The molecule has 0 saturated carbocycles. The third-order valence-corrected chi connectivity index (χ3v) is 8.15. The van der Waals surface area contributed by atoms with Crippen molar-refractivity contribution in [3.63, 3.8) is 0 Å². The Morgan fingerprint density at radius 2 is 1.76 bits per heavy atom. The van der Waals surface area contributed by atoms with Gasteiger partial charge in [-0.2, -0.15) is 4.31 Å². The van der Waals surface area contributed by atoms with E-state index in [9.17, 15) is 13.2 Å². The number of morpholine rings is 1. The standard InChI is InChI=1S/C24H31N3O5S/c1-31-22-7-5-21(6-8-22)26-11-9-19(10-12-26)17-24(28)25-20-3-2-4-23(18-20)33(29,30)27-13-15-32-16-14-27/h2-8,18-19H,9-17H2,1H3,(H,25,28). The SMILES string of the molecule is COc1ccc(N2CCC(CC(=O)Nc3cccc(S(=O)(=O)N4CCOCC4)c3)CC2)cc1. The van der Waals surface area contributed by atoms with Gasteiger partial charge in [-0.3, -0.25) is 4.79 Å². The number of sulfonamides is 1. The van der Waals surface area contributed by atoms with Gasteiger partial charge in [0.1, 0.15) is 5.75 Å². The van der Waals surface area contributed by atoms with E-state index in [0.717, 1.165) is 37.4 Å². The molecule has 33 heavy (non-hydrogen) atoms. The fourth-order valence-corrected chi connectivity index (χ4v) is 5.79. The van der Waals surface area contributed by atoms with Crippen LogP contribution in [0.3, 0.4) is 0 Å². The first-order chi connectivity index (χ1) is 16.0. The number of carbonyl (C=O) groups is 1. The molecule has 0 aliphatic carbocycles. The minimum atomic E-state index is -3.60. The van der Waals surface area contributed by atoms with Gasteiger partial charge in [0, 0.05) is 44.0 Å². The summed E-state index contributed by atoms with van der Waals surface area (Å²) in [5, 5.41) is 2.89. The maximum atomic E-state index is 12.9. The van der Waals surface area contributed by atoms with E-state index >= 15 is 0 Å². The summed E-state index contributed by atoms with van der Waals surface area (Å²) in [6.07, 6.45) is 2.30. The van der Waals surface area contributed by atoms with Gasteiger partial charge in [0.25, 0.3) is 0 Å². The molecule has 0 unspecified atom stereocenters.